The van der Waals surface area contributed by atoms with Crippen LogP contribution in [-0.2, 0) is 4.74 Å². The highest BCUT2D eigenvalue weighted by molar-refractivity contribution is 5.99. The molecule has 1 atom stereocenters. The molecule has 0 saturated heterocycles. The Morgan fingerprint density at radius 1 is 1.57 bits per heavy atom. The highest BCUT2D eigenvalue weighted by Crippen LogP contribution is 2.35. The summed E-state index contributed by atoms with van der Waals surface area (Å²) in [5, 5.41) is -0.0137. The van der Waals surface area contributed by atoms with Crippen molar-refractivity contribution >= 4 is 23.2 Å². The number of rotatable bonds is 3. The Morgan fingerprint density at radius 3 is 2.96 bits per heavy atom. The van der Waals surface area contributed by atoms with Gasteiger partial charge in [0.05, 0.1) is 29.1 Å². The molecule has 1 unspecified atom stereocenters. The zero-order valence-corrected chi connectivity index (χ0v) is 12.6. The standard InChI is InChI=1S/C16H14FNO5/c1-3-22-16(21)10-5-18-8(2)7-23-15-11(6-19)12(17)4-9(13(15)18)14(10)20/h4-6,8H,3,7H2,1-2H3. The van der Waals surface area contributed by atoms with E-state index in [0.29, 0.717) is 11.8 Å². The zero-order chi connectivity index (χ0) is 16.7. The van der Waals surface area contributed by atoms with E-state index in [1.165, 1.54) is 6.20 Å². The Bertz CT molecular complexity index is 886. The molecule has 0 bridgehead atoms. The van der Waals surface area contributed by atoms with Crippen LogP contribution in [0, 0.1) is 5.82 Å². The molecular weight excluding hydrogens is 305 g/mol. The fraction of sp³-hybridized carbons (Fsp3) is 0.312. The second-order valence-corrected chi connectivity index (χ2v) is 5.27. The minimum atomic E-state index is -0.860. The number of carbonyl (C=O) groups excluding carboxylic acids is 2. The number of carbonyl (C=O) groups is 2. The number of hydrogen-bond acceptors (Lipinski definition) is 5. The van der Waals surface area contributed by atoms with Crippen LogP contribution in [0.1, 0.15) is 40.6 Å². The number of hydrogen-bond donors (Lipinski definition) is 0. The molecule has 23 heavy (non-hydrogen) atoms. The quantitative estimate of drug-likeness (QED) is 0.639. The molecule has 0 radical (unpaired) electrons. The minimum Gasteiger partial charge on any atom is -0.488 e. The van der Waals surface area contributed by atoms with Gasteiger partial charge in [0, 0.05) is 6.20 Å². The van der Waals surface area contributed by atoms with E-state index in [0.717, 1.165) is 6.07 Å². The van der Waals surface area contributed by atoms with Crippen LogP contribution in [0.15, 0.2) is 17.1 Å². The summed E-state index contributed by atoms with van der Waals surface area (Å²) in [5.74, 6) is -1.59. The monoisotopic (exact) mass is 319 g/mol. The van der Waals surface area contributed by atoms with Gasteiger partial charge in [-0.1, -0.05) is 0 Å². The van der Waals surface area contributed by atoms with Crippen molar-refractivity contribution in [2.24, 2.45) is 0 Å². The molecule has 0 amide bonds. The first-order valence-corrected chi connectivity index (χ1v) is 7.16. The predicted octanol–water partition coefficient (Wildman–Crippen LogP) is 2.08. The van der Waals surface area contributed by atoms with Crippen molar-refractivity contribution < 1.29 is 23.5 Å². The van der Waals surface area contributed by atoms with Gasteiger partial charge in [0.25, 0.3) is 0 Å². The molecule has 1 aromatic heterocycles. The van der Waals surface area contributed by atoms with E-state index >= 15 is 0 Å². The lowest BCUT2D eigenvalue weighted by atomic mass is 10.0. The zero-order valence-electron chi connectivity index (χ0n) is 12.6. The maximum absolute atomic E-state index is 14.1. The van der Waals surface area contributed by atoms with Crippen molar-refractivity contribution in [1.29, 1.82) is 0 Å². The minimum absolute atomic E-state index is 0.0137. The smallest absolute Gasteiger partial charge is 0.343 e. The molecule has 0 spiro atoms. The number of esters is 1. The lowest BCUT2D eigenvalue weighted by Gasteiger charge is -2.27. The normalized spacial score (nSPS) is 16.0. The molecule has 2 heterocycles. The number of aldehydes is 1. The van der Waals surface area contributed by atoms with Gasteiger partial charge in [0.1, 0.15) is 18.0 Å². The number of aromatic nitrogens is 1. The van der Waals surface area contributed by atoms with Crippen LogP contribution in [-0.4, -0.2) is 30.0 Å². The van der Waals surface area contributed by atoms with Gasteiger partial charge in [-0.25, -0.2) is 9.18 Å². The van der Waals surface area contributed by atoms with Crippen molar-refractivity contribution in [3.05, 3.63) is 39.4 Å². The molecule has 0 saturated carbocycles. The summed E-state index contributed by atoms with van der Waals surface area (Å²) < 4.78 is 26.1. The average Bonchev–Trinajstić information content (AvgIpc) is 2.52. The summed E-state index contributed by atoms with van der Waals surface area (Å²) in [4.78, 5) is 35.6. The first-order valence-electron chi connectivity index (χ1n) is 7.16. The fourth-order valence-electron chi connectivity index (χ4n) is 2.71. The van der Waals surface area contributed by atoms with Gasteiger partial charge < -0.3 is 14.0 Å². The Hall–Kier alpha value is -2.70. The maximum atomic E-state index is 14.1. The number of nitrogens with zero attached hydrogens (tertiary/aromatic N) is 1. The molecule has 1 aliphatic rings. The molecule has 0 aliphatic carbocycles. The number of benzene rings is 1. The second-order valence-electron chi connectivity index (χ2n) is 5.27. The van der Waals surface area contributed by atoms with E-state index in [1.807, 2.05) is 6.92 Å². The van der Waals surface area contributed by atoms with E-state index in [9.17, 15) is 18.8 Å². The Morgan fingerprint density at radius 2 is 2.30 bits per heavy atom. The van der Waals surface area contributed by atoms with Gasteiger partial charge in [-0.15, -0.1) is 0 Å². The topological polar surface area (TPSA) is 74.6 Å². The van der Waals surface area contributed by atoms with Gasteiger partial charge in [0.2, 0.25) is 5.43 Å². The first kappa shape index (κ1) is 15.2. The Balaban J connectivity index is 2.44. The highest BCUT2D eigenvalue weighted by Gasteiger charge is 2.28. The molecule has 2 aromatic rings. The number of ether oxygens (including phenoxy) is 2. The summed E-state index contributed by atoms with van der Waals surface area (Å²) in [7, 11) is 0. The van der Waals surface area contributed by atoms with Crippen LogP contribution < -0.4 is 10.2 Å². The molecular formula is C16H14FNO5. The first-order chi connectivity index (χ1) is 11.0. The third-order valence-electron chi connectivity index (χ3n) is 3.82. The van der Waals surface area contributed by atoms with Crippen LogP contribution in [0.25, 0.3) is 10.9 Å². The molecule has 6 nitrogen and oxygen atoms in total. The Kier molecular flexibility index (Phi) is 3.63. The van der Waals surface area contributed by atoms with Crippen LogP contribution in [0.4, 0.5) is 4.39 Å². The third kappa shape index (κ3) is 2.19. The van der Waals surface area contributed by atoms with Crippen LogP contribution >= 0.6 is 0 Å². The summed E-state index contributed by atoms with van der Waals surface area (Å²) in [6.45, 7) is 3.77. The fourth-order valence-corrected chi connectivity index (χ4v) is 2.71. The molecule has 120 valence electrons. The molecule has 1 aromatic carbocycles. The van der Waals surface area contributed by atoms with Gasteiger partial charge in [0.15, 0.2) is 12.0 Å². The molecule has 0 fully saturated rings. The number of halogens is 1. The average molecular weight is 319 g/mol. The van der Waals surface area contributed by atoms with E-state index in [2.05, 4.69) is 0 Å². The Labute approximate surface area is 130 Å². The second kappa shape index (κ2) is 5.49. The lowest BCUT2D eigenvalue weighted by Crippen LogP contribution is -2.28. The van der Waals surface area contributed by atoms with Gasteiger partial charge in [-0.05, 0) is 19.9 Å². The van der Waals surface area contributed by atoms with Crippen molar-refractivity contribution in [1.82, 2.24) is 4.57 Å². The summed E-state index contributed by atoms with van der Waals surface area (Å²) >= 11 is 0. The molecule has 0 N–H and O–H groups in total. The molecule has 1 aliphatic heterocycles. The van der Waals surface area contributed by atoms with Crippen molar-refractivity contribution in [2.45, 2.75) is 19.9 Å². The van der Waals surface area contributed by atoms with E-state index < -0.39 is 17.2 Å². The predicted molar refractivity (Wildman–Crippen MR) is 79.7 cm³/mol. The van der Waals surface area contributed by atoms with Crippen LogP contribution in [0.2, 0.25) is 0 Å². The van der Waals surface area contributed by atoms with Gasteiger partial charge in [-0.2, -0.15) is 0 Å². The van der Waals surface area contributed by atoms with Gasteiger partial charge >= 0.3 is 5.97 Å². The SMILES string of the molecule is CCOC(=O)c1cn2c3c(c(C=O)c(F)cc3c1=O)OCC2C. The van der Waals surface area contributed by atoms with Crippen molar-refractivity contribution in [3.63, 3.8) is 0 Å². The maximum Gasteiger partial charge on any atom is 0.343 e. The number of pyridine rings is 1. The van der Waals surface area contributed by atoms with Crippen molar-refractivity contribution in [3.8, 4) is 5.75 Å². The van der Waals surface area contributed by atoms with Crippen LogP contribution in [0.3, 0.4) is 0 Å². The summed E-state index contributed by atoms with van der Waals surface area (Å²) in [6, 6.07) is 0.773. The highest BCUT2D eigenvalue weighted by atomic mass is 19.1. The molecule has 3 rings (SSSR count). The van der Waals surface area contributed by atoms with E-state index in [-0.39, 0.29) is 41.5 Å². The summed E-state index contributed by atoms with van der Waals surface area (Å²) in [5.41, 5.74) is -0.742. The van der Waals surface area contributed by atoms with Crippen LogP contribution in [0.5, 0.6) is 5.75 Å². The largest absolute Gasteiger partial charge is 0.488 e. The van der Waals surface area contributed by atoms with E-state index in [4.69, 9.17) is 9.47 Å². The van der Waals surface area contributed by atoms with Crippen molar-refractivity contribution in [2.75, 3.05) is 13.2 Å². The third-order valence-corrected chi connectivity index (χ3v) is 3.82. The lowest BCUT2D eigenvalue weighted by molar-refractivity contribution is 0.0523. The molecule has 7 heteroatoms. The van der Waals surface area contributed by atoms with Gasteiger partial charge in [-0.3, -0.25) is 9.59 Å². The summed E-state index contributed by atoms with van der Waals surface area (Å²) in [6.07, 6.45) is 1.74. The van der Waals surface area contributed by atoms with E-state index in [1.54, 1.807) is 11.5 Å².